The molecule has 0 fully saturated rings. The Morgan fingerprint density at radius 1 is 1.22 bits per heavy atom. The molecule has 0 aliphatic heterocycles. The zero-order valence-electron chi connectivity index (χ0n) is 9.16. The molecule has 0 saturated carbocycles. The molecule has 0 radical (unpaired) electrons. The van der Waals surface area contributed by atoms with Crippen molar-refractivity contribution in [3.63, 3.8) is 0 Å². The summed E-state index contributed by atoms with van der Waals surface area (Å²) in [6.07, 6.45) is 0. The van der Waals surface area contributed by atoms with Gasteiger partial charge in [-0.2, -0.15) is 0 Å². The smallest absolute Gasteiger partial charge is 0.146 e. The quantitative estimate of drug-likeness (QED) is 0.895. The fourth-order valence-corrected chi connectivity index (χ4v) is 1.88. The summed E-state index contributed by atoms with van der Waals surface area (Å²) in [4.78, 5) is 0. The number of rotatable bonds is 3. The number of halogens is 3. The molecule has 2 rings (SSSR count). The van der Waals surface area contributed by atoms with Gasteiger partial charge >= 0.3 is 0 Å². The standard InChI is InChI=1S/C13H9BrClFO2/c14-10-3-2-9(6-12(10)16)18-13-4-1-8(7-17)5-11(13)15/h1-6,17H,7H2. The van der Waals surface area contributed by atoms with E-state index in [0.29, 0.717) is 26.6 Å². The Balaban J connectivity index is 2.25. The van der Waals surface area contributed by atoms with Crippen molar-refractivity contribution in [1.29, 1.82) is 0 Å². The highest BCUT2D eigenvalue weighted by molar-refractivity contribution is 9.10. The lowest BCUT2D eigenvalue weighted by Crippen LogP contribution is -1.89. The van der Waals surface area contributed by atoms with Crippen LogP contribution in [0.25, 0.3) is 0 Å². The van der Waals surface area contributed by atoms with E-state index in [9.17, 15) is 4.39 Å². The highest BCUT2D eigenvalue weighted by Gasteiger charge is 2.06. The van der Waals surface area contributed by atoms with Gasteiger partial charge in [0.25, 0.3) is 0 Å². The average molecular weight is 332 g/mol. The molecule has 0 aliphatic rings. The maximum Gasteiger partial charge on any atom is 0.146 e. The van der Waals surface area contributed by atoms with E-state index in [-0.39, 0.29) is 6.61 Å². The van der Waals surface area contributed by atoms with Gasteiger partial charge in [-0.25, -0.2) is 4.39 Å². The van der Waals surface area contributed by atoms with Gasteiger partial charge in [0.2, 0.25) is 0 Å². The van der Waals surface area contributed by atoms with Gasteiger partial charge in [0, 0.05) is 6.07 Å². The van der Waals surface area contributed by atoms with Gasteiger partial charge < -0.3 is 9.84 Å². The van der Waals surface area contributed by atoms with E-state index < -0.39 is 5.82 Å². The van der Waals surface area contributed by atoms with Gasteiger partial charge in [-0.15, -0.1) is 0 Å². The molecule has 94 valence electrons. The molecule has 0 atom stereocenters. The number of hydrogen-bond acceptors (Lipinski definition) is 2. The van der Waals surface area contributed by atoms with Gasteiger partial charge in [0.15, 0.2) is 0 Å². The minimum atomic E-state index is -0.407. The van der Waals surface area contributed by atoms with Crippen LogP contribution < -0.4 is 4.74 Å². The van der Waals surface area contributed by atoms with Gasteiger partial charge in [-0.1, -0.05) is 17.7 Å². The zero-order valence-corrected chi connectivity index (χ0v) is 11.5. The summed E-state index contributed by atoms with van der Waals surface area (Å²) >= 11 is 9.05. The molecule has 5 heteroatoms. The molecule has 1 N–H and O–H groups in total. The third kappa shape index (κ3) is 3.02. The third-order valence-electron chi connectivity index (χ3n) is 2.30. The lowest BCUT2D eigenvalue weighted by molar-refractivity contribution is 0.281. The van der Waals surface area contributed by atoms with Crippen LogP contribution in [-0.2, 0) is 6.61 Å². The highest BCUT2D eigenvalue weighted by atomic mass is 79.9. The molecule has 0 bridgehead atoms. The molecule has 2 nitrogen and oxygen atoms in total. The Bertz CT molecular complexity index is 575. The average Bonchev–Trinajstić information content (AvgIpc) is 2.36. The van der Waals surface area contributed by atoms with Crippen LogP contribution in [0.1, 0.15) is 5.56 Å². The van der Waals surface area contributed by atoms with Crippen LogP contribution in [0, 0.1) is 5.82 Å². The third-order valence-corrected chi connectivity index (χ3v) is 3.24. The zero-order chi connectivity index (χ0) is 13.1. The molecule has 18 heavy (non-hydrogen) atoms. The summed E-state index contributed by atoms with van der Waals surface area (Å²) in [5.74, 6) is 0.362. The molecule has 0 spiro atoms. The maximum absolute atomic E-state index is 13.3. The van der Waals surface area contributed by atoms with E-state index in [1.54, 1.807) is 30.3 Å². The summed E-state index contributed by atoms with van der Waals surface area (Å²) in [5, 5.41) is 9.32. The van der Waals surface area contributed by atoms with E-state index in [1.807, 2.05) is 0 Å². The van der Waals surface area contributed by atoms with Crippen molar-refractivity contribution in [3.05, 3.63) is 57.3 Å². The summed E-state index contributed by atoms with van der Waals surface area (Å²) in [7, 11) is 0. The fraction of sp³-hybridized carbons (Fsp3) is 0.0769. The predicted molar refractivity (Wildman–Crippen MR) is 71.5 cm³/mol. The van der Waals surface area contributed by atoms with Crippen molar-refractivity contribution in [2.45, 2.75) is 6.61 Å². The lowest BCUT2D eigenvalue weighted by atomic mass is 10.2. The number of aliphatic hydroxyl groups is 1. The normalized spacial score (nSPS) is 10.4. The Hall–Kier alpha value is -1.10. The van der Waals surface area contributed by atoms with Crippen molar-refractivity contribution in [2.24, 2.45) is 0 Å². The molecule has 0 aromatic heterocycles. The molecule has 0 heterocycles. The van der Waals surface area contributed by atoms with Crippen LogP contribution in [0.3, 0.4) is 0 Å². The van der Waals surface area contributed by atoms with Crippen LogP contribution in [0.5, 0.6) is 11.5 Å². The molecular weight excluding hydrogens is 322 g/mol. The molecular formula is C13H9BrClFO2. The van der Waals surface area contributed by atoms with Gasteiger partial charge in [0.05, 0.1) is 16.1 Å². The van der Waals surface area contributed by atoms with Crippen LogP contribution in [0.15, 0.2) is 40.9 Å². The van der Waals surface area contributed by atoms with Gasteiger partial charge in [0.1, 0.15) is 17.3 Å². The Kier molecular flexibility index (Phi) is 4.22. The monoisotopic (exact) mass is 330 g/mol. The SMILES string of the molecule is OCc1ccc(Oc2ccc(Br)c(F)c2)c(Cl)c1. The number of hydrogen-bond donors (Lipinski definition) is 1. The van der Waals surface area contributed by atoms with E-state index >= 15 is 0 Å². The first kappa shape index (κ1) is 13.3. The van der Waals surface area contributed by atoms with Crippen molar-refractivity contribution in [2.75, 3.05) is 0 Å². The number of aliphatic hydroxyl groups excluding tert-OH is 1. The second kappa shape index (κ2) is 5.69. The predicted octanol–water partition coefficient (Wildman–Crippen LogP) is 4.53. The minimum Gasteiger partial charge on any atom is -0.456 e. The topological polar surface area (TPSA) is 29.5 Å². The summed E-state index contributed by atoms with van der Waals surface area (Å²) in [5.41, 5.74) is 0.689. The minimum absolute atomic E-state index is 0.0904. The second-order valence-corrected chi connectivity index (χ2v) is 4.86. The van der Waals surface area contributed by atoms with E-state index in [1.165, 1.54) is 6.07 Å². The Morgan fingerprint density at radius 2 is 2.00 bits per heavy atom. The largest absolute Gasteiger partial charge is 0.456 e. The van der Waals surface area contributed by atoms with Crippen molar-refractivity contribution in [3.8, 4) is 11.5 Å². The summed E-state index contributed by atoms with van der Waals surface area (Å²) in [6.45, 7) is -0.0904. The van der Waals surface area contributed by atoms with Gasteiger partial charge in [-0.05, 0) is 45.8 Å². The first-order chi connectivity index (χ1) is 8.60. The van der Waals surface area contributed by atoms with E-state index in [4.69, 9.17) is 21.4 Å². The van der Waals surface area contributed by atoms with Crippen LogP contribution in [0.4, 0.5) is 4.39 Å². The number of ether oxygens (including phenoxy) is 1. The Labute approximate surface area is 117 Å². The van der Waals surface area contributed by atoms with Crippen molar-refractivity contribution >= 4 is 27.5 Å². The molecule has 0 unspecified atom stereocenters. The van der Waals surface area contributed by atoms with Crippen molar-refractivity contribution in [1.82, 2.24) is 0 Å². The van der Waals surface area contributed by atoms with Crippen LogP contribution >= 0.6 is 27.5 Å². The van der Waals surface area contributed by atoms with Gasteiger partial charge in [-0.3, -0.25) is 0 Å². The molecule has 2 aromatic rings. The molecule has 0 saturated heterocycles. The molecule has 2 aromatic carbocycles. The first-order valence-electron chi connectivity index (χ1n) is 5.12. The van der Waals surface area contributed by atoms with Crippen molar-refractivity contribution < 1.29 is 14.2 Å². The Morgan fingerprint density at radius 3 is 2.61 bits per heavy atom. The first-order valence-corrected chi connectivity index (χ1v) is 6.29. The maximum atomic E-state index is 13.3. The molecule has 0 aliphatic carbocycles. The number of benzene rings is 2. The summed E-state index contributed by atoms with van der Waals surface area (Å²) < 4.78 is 19.2. The van der Waals surface area contributed by atoms with E-state index in [2.05, 4.69) is 15.9 Å². The second-order valence-electron chi connectivity index (χ2n) is 3.60. The van der Waals surface area contributed by atoms with Crippen LogP contribution in [-0.4, -0.2) is 5.11 Å². The van der Waals surface area contributed by atoms with Crippen LogP contribution in [0.2, 0.25) is 5.02 Å². The highest BCUT2D eigenvalue weighted by Crippen LogP contribution is 2.31. The fourth-order valence-electron chi connectivity index (χ4n) is 1.39. The summed E-state index contributed by atoms with van der Waals surface area (Å²) in [6, 6.07) is 9.38. The lowest BCUT2D eigenvalue weighted by Gasteiger charge is -2.09. The molecule has 0 amide bonds. The van der Waals surface area contributed by atoms with E-state index in [0.717, 1.165) is 0 Å².